The molecule has 0 bridgehead atoms. The molecule has 0 unspecified atom stereocenters. The zero-order valence-corrected chi connectivity index (χ0v) is 13.4. The van der Waals surface area contributed by atoms with Crippen molar-refractivity contribution in [2.75, 3.05) is 13.6 Å². The Morgan fingerprint density at radius 1 is 1.50 bits per heavy atom. The number of hydrogen-bond acceptors (Lipinski definition) is 3. The molecule has 122 valence electrons. The molecule has 1 aromatic heterocycles. The van der Waals surface area contributed by atoms with Crippen molar-refractivity contribution in [3.05, 3.63) is 17.5 Å². The van der Waals surface area contributed by atoms with E-state index in [1.807, 2.05) is 24.6 Å². The number of carboxylic acid groups (broad SMARTS) is 1. The van der Waals surface area contributed by atoms with E-state index in [0.717, 1.165) is 37.2 Å². The fraction of sp³-hybridized carbons (Fsp3) is 0.667. The third kappa shape index (κ3) is 4.22. The second-order valence-corrected chi connectivity index (χ2v) is 6.03. The smallest absolute Gasteiger partial charge is 0.326 e. The molecule has 1 heterocycles. The van der Waals surface area contributed by atoms with Gasteiger partial charge in [-0.05, 0) is 45.1 Å². The molecule has 0 radical (unpaired) electrons. The van der Waals surface area contributed by atoms with Crippen LogP contribution in [-0.4, -0.2) is 51.4 Å². The summed E-state index contributed by atoms with van der Waals surface area (Å²) in [6, 6.07) is 0.933. The van der Waals surface area contributed by atoms with E-state index in [9.17, 15) is 9.59 Å². The van der Waals surface area contributed by atoms with Crippen LogP contribution >= 0.6 is 0 Å². The van der Waals surface area contributed by atoms with Crippen LogP contribution < -0.4 is 5.32 Å². The summed E-state index contributed by atoms with van der Waals surface area (Å²) in [6.07, 6.45) is 2.52. The second-order valence-electron chi connectivity index (χ2n) is 6.03. The Balaban J connectivity index is 1.76. The Morgan fingerprint density at radius 2 is 2.18 bits per heavy atom. The number of nitrogens with one attached hydrogen (secondary N) is 1. The number of hydrogen-bond donors (Lipinski definition) is 2. The van der Waals surface area contributed by atoms with E-state index in [4.69, 9.17) is 5.11 Å². The van der Waals surface area contributed by atoms with E-state index in [-0.39, 0.29) is 11.9 Å². The Morgan fingerprint density at radius 3 is 2.68 bits per heavy atom. The molecule has 22 heavy (non-hydrogen) atoms. The third-order valence-electron chi connectivity index (χ3n) is 3.95. The predicted molar refractivity (Wildman–Crippen MR) is 81.6 cm³/mol. The van der Waals surface area contributed by atoms with Crippen molar-refractivity contribution in [1.82, 2.24) is 20.0 Å². The van der Waals surface area contributed by atoms with Gasteiger partial charge in [0.2, 0.25) is 0 Å². The van der Waals surface area contributed by atoms with Crippen molar-refractivity contribution in [2.45, 2.75) is 45.7 Å². The van der Waals surface area contributed by atoms with Gasteiger partial charge in [-0.1, -0.05) is 0 Å². The summed E-state index contributed by atoms with van der Waals surface area (Å²) in [5, 5.41) is 16.1. The number of rotatable bonds is 7. The molecule has 1 fully saturated rings. The molecule has 1 saturated carbocycles. The van der Waals surface area contributed by atoms with E-state index in [0.29, 0.717) is 6.54 Å². The first-order chi connectivity index (χ1) is 10.4. The third-order valence-corrected chi connectivity index (χ3v) is 3.95. The molecule has 1 aliphatic carbocycles. The number of carboxylic acids is 1. The SMILES string of the molecule is Cc1cc(C)n(CCCN(C)C(=O)N[C@H](C(=O)O)C2CC2)n1. The number of carbonyl (C=O) groups is 2. The van der Waals surface area contributed by atoms with E-state index < -0.39 is 12.0 Å². The highest BCUT2D eigenvalue weighted by Gasteiger charge is 2.37. The topological polar surface area (TPSA) is 87.5 Å². The normalized spacial score (nSPS) is 15.4. The van der Waals surface area contributed by atoms with Crippen LogP contribution in [0.2, 0.25) is 0 Å². The minimum absolute atomic E-state index is 0.0875. The lowest BCUT2D eigenvalue weighted by Gasteiger charge is -2.21. The fourth-order valence-electron chi connectivity index (χ4n) is 2.51. The molecule has 2 amide bonds. The van der Waals surface area contributed by atoms with Crippen LogP contribution in [0, 0.1) is 19.8 Å². The largest absolute Gasteiger partial charge is 0.480 e. The van der Waals surface area contributed by atoms with Gasteiger partial charge in [0.1, 0.15) is 6.04 Å². The van der Waals surface area contributed by atoms with Crippen LogP contribution in [0.4, 0.5) is 4.79 Å². The van der Waals surface area contributed by atoms with E-state index >= 15 is 0 Å². The highest BCUT2D eigenvalue weighted by molar-refractivity contribution is 5.83. The van der Waals surface area contributed by atoms with Gasteiger partial charge in [-0.2, -0.15) is 5.10 Å². The number of aliphatic carboxylic acids is 1. The van der Waals surface area contributed by atoms with Crippen molar-refractivity contribution in [2.24, 2.45) is 5.92 Å². The summed E-state index contributed by atoms with van der Waals surface area (Å²) in [6.45, 7) is 5.25. The first kappa shape index (κ1) is 16.3. The molecule has 1 aliphatic rings. The molecule has 0 spiro atoms. The van der Waals surface area contributed by atoms with Crippen LogP contribution in [0.3, 0.4) is 0 Å². The number of aromatic nitrogens is 2. The minimum Gasteiger partial charge on any atom is -0.480 e. The zero-order chi connectivity index (χ0) is 16.3. The van der Waals surface area contributed by atoms with Crippen LogP contribution in [0.25, 0.3) is 0 Å². The molecule has 7 heteroatoms. The average Bonchev–Trinajstić information content (AvgIpc) is 3.22. The summed E-state index contributed by atoms with van der Waals surface area (Å²) in [7, 11) is 1.68. The Labute approximate surface area is 130 Å². The van der Waals surface area contributed by atoms with Crippen molar-refractivity contribution in [3.8, 4) is 0 Å². The minimum atomic E-state index is -0.952. The summed E-state index contributed by atoms with van der Waals surface area (Å²) in [5.41, 5.74) is 2.08. The summed E-state index contributed by atoms with van der Waals surface area (Å²) >= 11 is 0. The van der Waals surface area contributed by atoms with E-state index in [2.05, 4.69) is 10.4 Å². The Kier molecular flexibility index (Phi) is 5.05. The van der Waals surface area contributed by atoms with Gasteiger partial charge in [0.25, 0.3) is 0 Å². The lowest BCUT2D eigenvalue weighted by molar-refractivity contribution is -0.139. The van der Waals surface area contributed by atoms with Gasteiger partial charge in [-0.15, -0.1) is 0 Å². The first-order valence-corrected chi connectivity index (χ1v) is 7.64. The van der Waals surface area contributed by atoms with Crippen LogP contribution in [0.5, 0.6) is 0 Å². The monoisotopic (exact) mass is 308 g/mol. The maximum absolute atomic E-state index is 12.0. The number of aryl methyl sites for hydroxylation is 3. The molecular formula is C15H24N4O3. The number of carbonyl (C=O) groups excluding carboxylic acids is 1. The van der Waals surface area contributed by atoms with Crippen molar-refractivity contribution in [1.29, 1.82) is 0 Å². The van der Waals surface area contributed by atoms with Crippen molar-refractivity contribution >= 4 is 12.0 Å². The number of amides is 2. The van der Waals surface area contributed by atoms with Gasteiger partial charge in [0.05, 0.1) is 5.69 Å². The van der Waals surface area contributed by atoms with Gasteiger partial charge in [0, 0.05) is 25.8 Å². The van der Waals surface area contributed by atoms with Gasteiger partial charge in [-0.3, -0.25) is 4.68 Å². The molecule has 1 atom stereocenters. The quantitative estimate of drug-likeness (QED) is 0.797. The van der Waals surface area contributed by atoms with Gasteiger partial charge < -0.3 is 15.3 Å². The molecule has 2 rings (SSSR count). The summed E-state index contributed by atoms with van der Waals surface area (Å²) < 4.78 is 1.92. The Bertz CT molecular complexity index is 551. The van der Waals surface area contributed by atoms with Gasteiger partial charge in [-0.25, -0.2) is 9.59 Å². The molecule has 0 aliphatic heterocycles. The lowest BCUT2D eigenvalue weighted by Crippen LogP contribution is -2.48. The molecular weight excluding hydrogens is 284 g/mol. The van der Waals surface area contributed by atoms with Crippen molar-refractivity contribution < 1.29 is 14.7 Å². The average molecular weight is 308 g/mol. The fourth-order valence-corrected chi connectivity index (χ4v) is 2.51. The van der Waals surface area contributed by atoms with Crippen LogP contribution in [-0.2, 0) is 11.3 Å². The molecule has 0 aromatic carbocycles. The predicted octanol–water partition coefficient (Wildman–Crippen LogP) is 1.39. The lowest BCUT2D eigenvalue weighted by atomic mass is 10.2. The highest BCUT2D eigenvalue weighted by Crippen LogP contribution is 2.32. The molecule has 2 N–H and O–H groups in total. The second kappa shape index (κ2) is 6.81. The van der Waals surface area contributed by atoms with E-state index in [1.165, 1.54) is 4.90 Å². The van der Waals surface area contributed by atoms with Gasteiger partial charge >= 0.3 is 12.0 Å². The maximum Gasteiger partial charge on any atom is 0.326 e. The zero-order valence-electron chi connectivity index (χ0n) is 13.4. The van der Waals surface area contributed by atoms with E-state index in [1.54, 1.807) is 7.05 Å². The Hall–Kier alpha value is -2.05. The van der Waals surface area contributed by atoms with Gasteiger partial charge in [0.15, 0.2) is 0 Å². The molecule has 0 saturated heterocycles. The summed E-state index contributed by atoms with van der Waals surface area (Å²) in [5.74, 6) is -0.864. The number of nitrogens with zero attached hydrogens (tertiary/aromatic N) is 3. The number of urea groups is 1. The molecule has 7 nitrogen and oxygen atoms in total. The standard InChI is InChI=1S/C15H24N4O3/c1-10-9-11(2)19(17-10)8-4-7-18(3)15(22)16-13(14(20)21)12-5-6-12/h9,12-13H,4-8H2,1-3H3,(H,16,22)(H,20,21)/t13-/m0/s1. The first-order valence-electron chi connectivity index (χ1n) is 7.64. The summed E-state index contributed by atoms with van der Waals surface area (Å²) in [4.78, 5) is 24.7. The molecule has 1 aromatic rings. The van der Waals surface area contributed by atoms with Crippen LogP contribution in [0.1, 0.15) is 30.7 Å². The maximum atomic E-state index is 12.0. The van der Waals surface area contributed by atoms with Crippen LogP contribution in [0.15, 0.2) is 6.07 Å². The highest BCUT2D eigenvalue weighted by atomic mass is 16.4. The van der Waals surface area contributed by atoms with Crippen molar-refractivity contribution in [3.63, 3.8) is 0 Å².